The van der Waals surface area contributed by atoms with Gasteiger partial charge in [-0.25, -0.2) is 10.1 Å². The van der Waals surface area contributed by atoms with E-state index in [1.807, 2.05) is 38.1 Å². The van der Waals surface area contributed by atoms with Crippen LogP contribution in [-0.4, -0.2) is 35.2 Å². The van der Waals surface area contributed by atoms with Gasteiger partial charge in [0.15, 0.2) is 12.4 Å². The summed E-state index contributed by atoms with van der Waals surface area (Å²) in [5, 5.41) is 50.6. The second-order valence-corrected chi connectivity index (χ2v) is 9.17. The van der Waals surface area contributed by atoms with E-state index in [2.05, 4.69) is 29.8 Å². The second-order valence-electron chi connectivity index (χ2n) is 8.43. The first-order chi connectivity index (χ1) is 19.3. The van der Waals surface area contributed by atoms with Crippen molar-refractivity contribution in [1.82, 2.24) is 0 Å². The highest BCUT2D eigenvalue weighted by molar-refractivity contribution is 7.94. The van der Waals surface area contributed by atoms with E-state index in [4.69, 9.17) is 19.8 Å². The van der Waals surface area contributed by atoms with Crippen LogP contribution in [0.25, 0.3) is 10.8 Å². The molecule has 4 rings (SSSR count). The van der Waals surface area contributed by atoms with Crippen molar-refractivity contribution in [2.45, 2.75) is 18.7 Å². The molecule has 206 valence electrons. The molecule has 4 aromatic rings. The number of ether oxygens (including phenoxy) is 2. The molecule has 0 fully saturated rings. The number of carboxylic acids is 1. The standard InChI is InChI=1S/C27H24N4O8S/c1-15-5-8-18(9-6-15)28-29-20-13-23(37-14-25(32)33)21(12-22(20)36-3)30-31-26-24(40-39-38-35)11-17-7-4-16(2)10-19(17)27(26)34/h4-13,34-35H,14H2,1-3H3,(H,32,33). The number of hydrogen-bond acceptors (Lipinski definition) is 12. The van der Waals surface area contributed by atoms with E-state index in [-0.39, 0.29) is 39.2 Å². The van der Waals surface area contributed by atoms with Crippen molar-refractivity contribution < 1.29 is 39.1 Å². The van der Waals surface area contributed by atoms with E-state index < -0.39 is 12.6 Å². The molecular formula is C27H24N4O8S. The second kappa shape index (κ2) is 13.0. The molecular weight excluding hydrogens is 540 g/mol. The van der Waals surface area contributed by atoms with E-state index >= 15 is 0 Å². The maximum atomic E-state index is 11.2. The summed E-state index contributed by atoms with van der Waals surface area (Å²) in [6.45, 7) is 3.17. The van der Waals surface area contributed by atoms with Gasteiger partial charge in [0.1, 0.15) is 28.6 Å². The number of aryl methyl sites for hydroxylation is 2. The van der Waals surface area contributed by atoms with Crippen molar-refractivity contribution in [2.24, 2.45) is 20.5 Å². The SMILES string of the molecule is COc1cc(N=Nc2c(SOOO)cc3ccc(C)cc3c2O)c(OCC(=O)O)cc1N=Nc1ccc(C)cc1. The minimum Gasteiger partial charge on any atom is -0.505 e. The fourth-order valence-corrected chi connectivity index (χ4v) is 4.10. The molecule has 0 aromatic heterocycles. The van der Waals surface area contributed by atoms with Gasteiger partial charge < -0.3 is 19.7 Å². The highest BCUT2D eigenvalue weighted by atomic mass is 32.2. The Morgan fingerprint density at radius 3 is 2.25 bits per heavy atom. The quantitative estimate of drug-likeness (QED) is 0.0710. The molecule has 0 aliphatic carbocycles. The lowest BCUT2D eigenvalue weighted by Crippen LogP contribution is -2.09. The summed E-state index contributed by atoms with van der Waals surface area (Å²) in [4.78, 5) is 11.5. The van der Waals surface area contributed by atoms with Crippen LogP contribution in [0.1, 0.15) is 11.1 Å². The Bertz CT molecular complexity index is 1590. The van der Waals surface area contributed by atoms with Crippen LogP contribution in [0.2, 0.25) is 0 Å². The third kappa shape index (κ3) is 6.90. The van der Waals surface area contributed by atoms with Gasteiger partial charge >= 0.3 is 5.97 Å². The molecule has 3 N–H and O–H groups in total. The van der Waals surface area contributed by atoms with Crippen LogP contribution in [-0.2, 0) is 14.2 Å². The minimum atomic E-state index is -1.20. The fourth-order valence-electron chi connectivity index (χ4n) is 3.61. The molecule has 0 saturated carbocycles. The van der Waals surface area contributed by atoms with Crippen molar-refractivity contribution >= 4 is 51.5 Å². The van der Waals surface area contributed by atoms with Crippen LogP contribution in [0.4, 0.5) is 22.7 Å². The molecule has 40 heavy (non-hydrogen) atoms. The number of phenolic OH excluding ortho intramolecular Hbond substituents is 1. The number of methoxy groups -OCH3 is 1. The summed E-state index contributed by atoms with van der Waals surface area (Å²) in [6, 6.07) is 17.4. The Morgan fingerprint density at radius 2 is 1.55 bits per heavy atom. The number of aromatic hydroxyl groups is 1. The molecule has 4 aromatic carbocycles. The van der Waals surface area contributed by atoms with E-state index in [1.54, 1.807) is 24.3 Å². The van der Waals surface area contributed by atoms with Crippen LogP contribution in [0.5, 0.6) is 17.2 Å². The number of fused-ring (bicyclic) bond motifs is 1. The molecule has 0 aliphatic rings. The Kier molecular flexibility index (Phi) is 9.24. The lowest BCUT2D eigenvalue weighted by molar-refractivity contribution is -0.432. The average molecular weight is 565 g/mol. The highest BCUT2D eigenvalue weighted by Crippen LogP contribution is 2.46. The first-order valence-electron chi connectivity index (χ1n) is 11.7. The molecule has 0 aliphatic heterocycles. The van der Waals surface area contributed by atoms with Crippen molar-refractivity contribution in [3.63, 3.8) is 0 Å². The molecule has 0 heterocycles. The summed E-state index contributed by atoms with van der Waals surface area (Å²) < 4.78 is 15.5. The molecule has 0 amide bonds. The first kappa shape index (κ1) is 28.4. The molecule has 0 atom stereocenters. The number of carbonyl (C=O) groups is 1. The van der Waals surface area contributed by atoms with Crippen LogP contribution >= 0.6 is 12.0 Å². The molecule has 0 unspecified atom stereocenters. The van der Waals surface area contributed by atoms with E-state index in [1.165, 1.54) is 19.2 Å². The summed E-state index contributed by atoms with van der Waals surface area (Å²) in [5.41, 5.74) is 2.94. The van der Waals surface area contributed by atoms with Gasteiger partial charge in [0.05, 0.1) is 29.7 Å². The van der Waals surface area contributed by atoms with Gasteiger partial charge in [-0.1, -0.05) is 40.4 Å². The Balaban J connectivity index is 1.79. The van der Waals surface area contributed by atoms with Crippen LogP contribution in [0.15, 0.2) is 86.0 Å². The number of hydrogen-bond donors (Lipinski definition) is 3. The highest BCUT2D eigenvalue weighted by Gasteiger charge is 2.17. The lowest BCUT2D eigenvalue weighted by atomic mass is 10.1. The largest absolute Gasteiger partial charge is 0.505 e. The number of aliphatic carboxylic acids is 1. The zero-order valence-corrected chi connectivity index (χ0v) is 22.4. The summed E-state index contributed by atoms with van der Waals surface area (Å²) in [6.07, 6.45) is 0. The molecule has 0 radical (unpaired) electrons. The van der Waals surface area contributed by atoms with Crippen molar-refractivity contribution in [3.8, 4) is 17.2 Å². The smallest absolute Gasteiger partial charge is 0.341 e. The van der Waals surface area contributed by atoms with Crippen molar-refractivity contribution in [2.75, 3.05) is 13.7 Å². The van der Waals surface area contributed by atoms with E-state index in [9.17, 15) is 9.90 Å². The zero-order chi connectivity index (χ0) is 28.6. The monoisotopic (exact) mass is 564 g/mol. The topological polar surface area (TPSA) is 164 Å². The maximum absolute atomic E-state index is 11.2. The Morgan fingerprint density at radius 1 is 0.875 bits per heavy atom. The fraction of sp³-hybridized carbons (Fsp3) is 0.148. The minimum absolute atomic E-state index is 0.00596. The molecule has 0 saturated heterocycles. The molecule has 13 heteroatoms. The number of phenols is 1. The summed E-state index contributed by atoms with van der Waals surface area (Å²) in [7, 11) is 1.43. The number of benzene rings is 4. The van der Waals surface area contributed by atoms with Gasteiger partial charge in [0, 0.05) is 17.5 Å². The van der Waals surface area contributed by atoms with Gasteiger partial charge in [-0.3, -0.25) is 0 Å². The predicted molar refractivity (Wildman–Crippen MR) is 147 cm³/mol. The number of rotatable bonds is 11. The van der Waals surface area contributed by atoms with Crippen molar-refractivity contribution in [3.05, 3.63) is 71.8 Å². The Hall–Kier alpha value is -4.56. The molecule has 0 bridgehead atoms. The third-order valence-electron chi connectivity index (χ3n) is 5.54. The van der Waals surface area contributed by atoms with Crippen LogP contribution in [0.3, 0.4) is 0 Å². The lowest BCUT2D eigenvalue weighted by Gasteiger charge is -2.12. The summed E-state index contributed by atoms with van der Waals surface area (Å²) >= 11 is 0.602. The van der Waals surface area contributed by atoms with E-state index in [0.29, 0.717) is 28.5 Å². The molecule has 12 nitrogen and oxygen atoms in total. The first-order valence-corrected chi connectivity index (χ1v) is 12.4. The van der Waals surface area contributed by atoms with Crippen molar-refractivity contribution in [1.29, 1.82) is 0 Å². The summed E-state index contributed by atoms with van der Waals surface area (Å²) in [5.74, 6) is -1.11. The number of nitrogens with zero attached hydrogens (tertiary/aromatic N) is 4. The Labute approximate surface area is 232 Å². The zero-order valence-electron chi connectivity index (χ0n) is 21.6. The van der Waals surface area contributed by atoms with E-state index in [0.717, 1.165) is 11.1 Å². The normalized spacial score (nSPS) is 11.5. The molecule has 0 spiro atoms. The maximum Gasteiger partial charge on any atom is 0.341 e. The van der Waals surface area contributed by atoms with Gasteiger partial charge in [-0.2, -0.15) is 5.11 Å². The average Bonchev–Trinajstić information content (AvgIpc) is 2.94. The van der Waals surface area contributed by atoms with Crippen LogP contribution < -0.4 is 9.47 Å². The number of azo groups is 2. The van der Waals surface area contributed by atoms with Gasteiger partial charge in [-0.05, 0) is 43.5 Å². The number of carboxylic acid groups (broad SMARTS) is 1. The predicted octanol–water partition coefficient (Wildman–Crippen LogP) is 7.89. The van der Waals surface area contributed by atoms with Gasteiger partial charge in [0.2, 0.25) is 0 Å². The van der Waals surface area contributed by atoms with Gasteiger partial charge in [0.25, 0.3) is 0 Å². The third-order valence-corrected chi connectivity index (χ3v) is 6.16. The van der Waals surface area contributed by atoms with Gasteiger partial charge in [-0.15, -0.1) is 19.7 Å². The van der Waals surface area contributed by atoms with Crippen LogP contribution in [0, 0.1) is 13.8 Å².